The molecule has 0 spiro atoms. The molecule has 7 N–H and O–H groups in total. The first-order valence-corrected chi connectivity index (χ1v) is 6.71. The van der Waals surface area contributed by atoms with Crippen molar-refractivity contribution in [2.24, 2.45) is 17.2 Å². The molecule has 22 heavy (non-hydrogen) atoms. The van der Waals surface area contributed by atoms with Crippen LogP contribution >= 0.6 is 0 Å². The van der Waals surface area contributed by atoms with Gasteiger partial charge in [0.25, 0.3) is 0 Å². The number of nitrogens with one attached hydrogen (secondary N) is 1. The maximum Gasteiger partial charge on any atom is 0.248 e. The molecule has 0 saturated heterocycles. The minimum Gasteiger partial charge on any atom is -0.398 e. The highest BCUT2D eigenvalue weighted by Crippen LogP contribution is 2.12. The highest BCUT2D eigenvalue weighted by atomic mass is 16.1. The second-order valence-electron chi connectivity index (χ2n) is 4.68. The van der Waals surface area contributed by atoms with Gasteiger partial charge in [0.15, 0.2) is 0 Å². The van der Waals surface area contributed by atoms with E-state index >= 15 is 0 Å². The first-order valence-electron chi connectivity index (χ1n) is 6.71. The Morgan fingerprint density at radius 1 is 0.909 bits per heavy atom. The molecule has 0 aliphatic heterocycles. The predicted molar refractivity (Wildman–Crippen MR) is 93.7 cm³/mol. The van der Waals surface area contributed by atoms with Crippen LogP contribution in [0.2, 0.25) is 0 Å². The van der Waals surface area contributed by atoms with Gasteiger partial charge in [-0.15, -0.1) is 0 Å². The van der Waals surface area contributed by atoms with E-state index in [-0.39, 0.29) is 2.85 Å². The first-order chi connectivity index (χ1) is 10.6. The first kappa shape index (κ1) is 15.2. The minimum atomic E-state index is -0.487. The number of primary amides is 1. The van der Waals surface area contributed by atoms with Crippen LogP contribution in [-0.4, -0.2) is 5.91 Å². The molecule has 0 atom stereocenters. The molecule has 0 heterocycles. The summed E-state index contributed by atoms with van der Waals surface area (Å²) in [5, 5.41) is 2.97. The SMILES string of the molecule is NC(=O)c1cccc(N/C(N)=C/C=C(\N)c2ccccc2)c1.[HH].[HH]. The molecule has 0 radical (unpaired) electrons. The monoisotopic (exact) mass is 298 g/mol. The van der Waals surface area contributed by atoms with Crippen molar-refractivity contribution in [2.75, 3.05) is 5.32 Å². The van der Waals surface area contributed by atoms with E-state index in [1.807, 2.05) is 30.3 Å². The molecule has 0 aliphatic carbocycles. The van der Waals surface area contributed by atoms with Gasteiger partial charge >= 0.3 is 0 Å². The molecule has 0 bridgehead atoms. The predicted octanol–water partition coefficient (Wildman–Crippen LogP) is 2.49. The zero-order chi connectivity index (χ0) is 15.9. The van der Waals surface area contributed by atoms with E-state index in [2.05, 4.69) is 5.32 Å². The summed E-state index contributed by atoms with van der Waals surface area (Å²) >= 11 is 0. The van der Waals surface area contributed by atoms with Crippen LogP contribution in [0.4, 0.5) is 5.69 Å². The number of carbonyl (C=O) groups excluding carboxylic acids is 1. The van der Waals surface area contributed by atoms with Crippen LogP contribution in [0, 0.1) is 0 Å². The molecule has 0 aromatic heterocycles. The van der Waals surface area contributed by atoms with Gasteiger partial charge in [-0.2, -0.15) is 0 Å². The molecular weight excluding hydrogens is 276 g/mol. The van der Waals surface area contributed by atoms with E-state index in [0.717, 1.165) is 5.56 Å². The summed E-state index contributed by atoms with van der Waals surface area (Å²) in [6, 6.07) is 16.4. The van der Waals surface area contributed by atoms with Gasteiger partial charge in [-0.1, -0.05) is 36.4 Å². The Morgan fingerprint density at radius 2 is 1.59 bits per heavy atom. The Morgan fingerprint density at radius 3 is 2.27 bits per heavy atom. The number of allylic oxidation sites excluding steroid dienone is 2. The van der Waals surface area contributed by atoms with E-state index in [1.54, 1.807) is 36.4 Å². The normalized spacial score (nSPS) is 12.0. The molecule has 1 amide bonds. The van der Waals surface area contributed by atoms with Crippen LogP contribution in [0.5, 0.6) is 0 Å². The van der Waals surface area contributed by atoms with Crippen molar-refractivity contribution in [3.8, 4) is 0 Å². The lowest BCUT2D eigenvalue weighted by atomic mass is 10.1. The smallest absolute Gasteiger partial charge is 0.248 e. The number of hydrogen-bond donors (Lipinski definition) is 4. The third-order valence-corrected chi connectivity index (χ3v) is 2.99. The zero-order valence-electron chi connectivity index (χ0n) is 12.0. The van der Waals surface area contributed by atoms with Crippen molar-refractivity contribution in [3.63, 3.8) is 0 Å². The van der Waals surface area contributed by atoms with Crippen LogP contribution in [0.25, 0.3) is 5.70 Å². The molecule has 2 aromatic carbocycles. The second-order valence-corrected chi connectivity index (χ2v) is 4.68. The summed E-state index contributed by atoms with van der Waals surface area (Å²) < 4.78 is 0. The Hall–Kier alpha value is -3.21. The number of amides is 1. The summed E-state index contributed by atoms with van der Waals surface area (Å²) in [7, 11) is 0. The van der Waals surface area contributed by atoms with Crippen molar-refractivity contribution in [1.82, 2.24) is 0 Å². The van der Waals surface area contributed by atoms with Crippen molar-refractivity contribution < 1.29 is 7.65 Å². The van der Waals surface area contributed by atoms with Crippen LogP contribution < -0.4 is 22.5 Å². The Balaban J connectivity index is 0.00000264. The molecule has 116 valence electrons. The fraction of sp³-hybridized carbons (Fsp3) is 0. The lowest BCUT2D eigenvalue weighted by molar-refractivity contribution is 0.100. The number of carbonyl (C=O) groups is 1. The van der Waals surface area contributed by atoms with E-state index < -0.39 is 5.91 Å². The number of benzene rings is 2. The summed E-state index contributed by atoms with van der Waals surface area (Å²) in [6.45, 7) is 0. The van der Waals surface area contributed by atoms with E-state index in [0.29, 0.717) is 22.8 Å². The summed E-state index contributed by atoms with van der Waals surface area (Å²) in [4.78, 5) is 11.1. The summed E-state index contributed by atoms with van der Waals surface area (Å²) in [5.74, 6) is -0.0834. The molecule has 2 aromatic rings. The van der Waals surface area contributed by atoms with Gasteiger partial charge in [0, 0.05) is 19.8 Å². The minimum absolute atomic E-state index is 0. The molecular formula is C17H22N4O. The third kappa shape index (κ3) is 4.14. The van der Waals surface area contributed by atoms with Crippen molar-refractivity contribution in [3.05, 3.63) is 83.7 Å². The molecule has 5 heteroatoms. The van der Waals surface area contributed by atoms with Gasteiger partial charge < -0.3 is 22.5 Å². The fourth-order valence-corrected chi connectivity index (χ4v) is 1.86. The van der Waals surface area contributed by atoms with Crippen molar-refractivity contribution in [2.45, 2.75) is 0 Å². The number of rotatable bonds is 5. The van der Waals surface area contributed by atoms with Gasteiger partial charge in [-0.3, -0.25) is 4.79 Å². The molecule has 5 nitrogen and oxygen atoms in total. The number of anilines is 1. The van der Waals surface area contributed by atoms with Gasteiger partial charge in [-0.05, 0) is 35.9 Å². The molecule has 0 saturated carbocycles. The zero-order valence-corrected chi connectivity index (χ0v) is 12.0. The van der Waals surface area contributed by atoms with E-state index in [1.165, 1.54) is 0 Å². The van der Waals surface area contributed by atoms with Gasteiger partial charge in [0.2, 0.25) is 5.91 Å². The van der Waals surface area contributed by atoms with Gasteiger partial charge in [-0.25, -0.2) is 0 Å². The highest BCUT2D eigenvalue weighted by molar-refractivity contribution is 5.93. The Labute approximate surface area is 132 Å². The lowest BCUT2D eigenvalue weighted by Gasteiger charge is -2.07. The topological polar surface area (TPSA) is 107 Å². The molecule has 0 aliphatic rings. The lowest BCUT2D eigenvalue weighted by Crippen LogP contribution is -2.12. The average molecular weight is 298 g/mol. The standard InChI is InChI=1S/C17H18N4O.2H2/c18-15(12-5-2-1-3-6-12)9-10-16(19)21-14-8-4-7-13(11-14)17(20)22;;/h1-11,21H,18-19H2,(H2,20,22);2*1H/b15-9-,16-10+;;. The van der Waals surface area contributed by atoms with Crippen LogP contribution in [0.1, 0.15) is 18.8 Å². The van der Waals surface area contributed by atoms with Crippen molar-refractivity contribution in [1.29, 1.82) is 0 Å². The second kappa shape index (κ2) is 6.99. The maximum atomic E-state index is 11.1. The van der Waals surface area contributed by atoms with Gasteiger partial charge in [0.05, 0.1) is 0 Å². The Kier molecular flexibility index (Phi) is 4.82. The van der Waals surface area contributed by atoms with Crippen molar-refractivity contribution >= 4 is 17.3 Å². The summed E-state index contributed by atoms with van der Waals surface area (Å²) in [5.41, 5.74) is 19.7. The molecule has 2 rings (SSSR count). The van der Waals surface area contributed by atoms with Crippen LogP contribution in [0.15, 0.2) is 72.6 Å². The molecule has 0 fully saturated rings. The van der Waals surface area contributed by atoms with E-state index in [4.69, 9.17) is 17.2 Å². The average Bonchev–Trinajstić information content (AvgIpc) is 2.53. The highest BCUT2D eigenvalue weighted by Gasteiger charge is 2.01. The molecule has 0 unspecified atom stereocenters. The summed E-state index contributed by atoms with van der Waals surface area (Å²) in [6.07, 6.45) is 3.38. The number of hydrogen-bond acceptors (Lipinski definition) is 4. The van der Waals surface area contributed by atoms with E-state index in [9.17, 15) is 4.79 Å². The quantitative estimate of drug-likeness (QED) is 0.636. The van der Waals surface area contributed by atoms with Crippen LogP contribution in [-0.2, 0) is 0 Å². The number of nitrogens with two attached hydrogens (primary N) is 3. The third-order valence-electron chi connectivity index (χ3n) is 2.99. The Bertz CT molecular complexity index is 730. The largest absolute Gasteiger partial charge is 0.398 e. The van der Waals surface area contributed by atoms with Gasteiger partial charge in [0.1, 0.15) is 5.82 Å². The van der Waals surface area contributed by atoms with Crippen LogP contribution in [0.3, 0.4) is 0 Å². The maximum absolute atomic E-state index is 11.1. The fourth-order valence-electron chi connectivity index (χ4n) is 1.86.